The molecule has 3 nitrogen and oxygen atoms in total. The Morgan fingerprint density at radius 3 is 2.95 bits per heavy atom. The predicted molar refractivity (Wildman–Crippen MR) is 88.0 cm³/mol. The van der Waals surface area contributed by atoms with Gasteiger partial charge in [-0.1, -0.05) is 29.8 Å². The normalized spacial score (nSPS) is 25.7. The second-order valence-electron chi connectivity index (χ2n) is 6.12. The molecular weight excluding hydrogens is 330 g/mol. The van der Waals surface area contributed by atoms with E-state index in [0.29, 0.717) is 18.1 Å². The van der Waals surface area contributed by atoms with Gasteiger partial charge in [-0.25, -0.2) is 0 Å². The molecule has 4 heteroatoms. The Kier molecular flexibility index (Phi) is 4.87. The van der Waals surface area contributed by atoms with Crippen molar-refractivity contribution >= 4 is 15.9 Å². The molecule has 0 saturated carbocycles. The fourth-order valence-corrected chi connectivity index (χ4v) is 4.09. The van der Waals surface area contributed by atoms with Crippen LogP contribution in [0, 0.1) is 5.92 Å². The maximum atomic E-state index is 5.99. The number of hydrogen-bond donors (Lipinski definition) is 1. The number of rotatable bonds is 5. The Labute approximate surface area is 135 Å². The summed E-state index contributed by atoms with van der Waals surface area (Å²) in [7, 11) is 0. The van der Waals surface area contributed by atoms with Gasteiger partial charge in [-0.15, -0.1) is 0 Å². The van der Waals surface area contributed by atoms with Crippen LogP contribution in [0.4, 0.5) is 0 Å². The molecule has 2 aliphatic heterocycles. The van der Waals surface area contributed by atoms with Crippen molar-refractivity contribution in [3.8, 4) is 5.75 Å². The maximum absolute atomic E-state index is 5.99. The first kappa shape index (κ1) is 15.3. The summed E-state index contributed by atoms with van der Waals surface area (Å²) < 4.78 is 13.0. The summed E-state index contributed by atoms with van der Waals surface area (Å²) in [5, 5.41) is 3.62. The highest BCUT2D eigenvalue weighted by Gasteiger charge is 2.32. The summed E-state index contributed by atoms with van der Waals surface area (Å²) in [5.41, 5.74) is 2.63. The molecule has 1 saturated heterocycles. The minimum Gasteiger partial charge on any atom is -0.493 e. The summed E-state index contributed by atoms with van der Waals surface area (Å²) in [6, 6.07) is 4.74. The van der Waals surface area contributed by atoms with Crippen LogP contribution < -0.4 is 10.1 Å². The average Bonchev–Trinajstić information content (AvgIpc) is 3.06. The number of hydrogen-bond acceptors (Lipinski definition) is 3. The Hall–Kier alpha value is -0.580. The van der Waals surface area contributed by atoms with Crippen molar-refractivity contribution in [2.45, 2.75) is 45.3 Å². The number of ether oxygens (including phenoxy) is 2. The van der Waals surface area contributed by atoms with Crippen LogP contribution in [0.15, 0.2) is 16.6 Å². The molecule has 0 bridgehead atoms. The van der Waals surface area contributed by atoms with E-state index in [0.717, 1.165) is 42.8 Å². The van der Waals surface area contributed by atoms with Crippen molar-refractivity contribution < 1.29 is 9.47 Å². The molecule has 2 heterocycles. The Balaban J connectivity index is 1.83. The van der Waals surface area contributed by atoms with Crippen LogP contribution in [-0.4, -0.2) is 31.9 Å². The summed E-state index contributed by atoms with van der Waals surface area (Å²) in [6.07, 6.45) is 3.45. The molecule has 3 unspecified atom stereocenters. The minimum absolute atomic E-state index is 0.306. The van der Waals surface area contributed by atoms with Crippen molar-refractivity contribution in [3.05, 3.63) is 27.7 Å². The lowest BCUT2D eigenvalue weighted by molar-refractivity contribution is 0.0613. The second-order valence-corrected chi connectivity index (χ2v) is 7.04. The zero-order chi connectivity index (χ0) is 14.8. The van der Waals surface area contributed by atoms with Crippen LogP contribution in [0.1, 0.15) is 31.4 Å². The fourth-order valence-electron chi connectivity index (χ4n) is 3.53. The van der Waals surface area contributed by atoms with Gasteiger partial charge in [-0.3, -0.25) is 0 Å². The molecule has 0 aliphatic carbocycles. The molecule has 3 atom stereocenters. The number of benzene rings is 1. The molecule has 3 rings (SSSR count). The monoisotopic (exact) mass is 353 g/mol. The van der Waals surface area contributed by atoms with Crippen molar-refractivity contribution in [3.63, 3.8) is 0 Å². The number of fused-ring (bicyclic) bond motifs is 1. The van der Waals surface area contributed by atoms with Gasteiger partial charge in [0, 0.05) is 23.5 Å². The van der Waals surface area contributed by atoms with Gasteiger partial charge in [0.05, 0.1) is 12.7 Å². The van der Waals surface area contributed by atoms with Gasteiger partial charge in [-0.2, -0.15) is 0 Å². The fraction of sp³-hybridized carbons (Fsp3) is 0.647. The van der Waals surface area contributed by atoms with Crippen LogP contribution in [0.25, 0.3) is 0 Å². The van der Waals surface area contributed by atoms with Gasteiger partial charge in [0.1, 0.15) is 5.75 Å². The summed E-state index contributed by atoms with van der Waals surface area (Å²) >= 11 is 3.63. The first-order chi connectivity index (χ1) is 10.2. The van der Waals surface area contributed by atoms with Gasteiger partial charge in [0.2, 0.25) is 0 Å². The zero-order valence-corrected chi connectivity index (χ0v) is 14.4. The minimum atomic E-state index is 0.306. The van der Waals surface area contributed by atoms with E-state index in [4.69, 9.17) is 9.47 Å². The van der Waals surface area contributed by atoms with Crippen molar-refractivity contribution in [2.24, 2.45) is 5.92 Å². The SMILES string of the molecule is CCNC(Cc1cc(Br)cc2c1OCC2)C1OCCC1C. The van der Waals surface area contributed by atoms with Gasteiger partial charge in [0.25, 0.3) is 0 Å². The standard InChI is InChI=1S/C17H24BrNO2/c1-3-19-15(16-11(2)4-6-20-16)10-13-9-14(18)8-12-5-7-21-17(12)13/h8-9,11,15-16,19H,3-7,10H2,1-2H3. The molecule has 2 aliphatic rings. The first-order valence-electron chi connectivity index (χ1n) is 7.98. The molecule has 0 amide bonds. The number of halogens is 1. The second kappa shape index (κ2) is 6.67. The van der Waals surface area contributed by atoms with Crippen molar-refractivity contribution in [1.29, 1.82) is 0 Å². The Morgan fingerprint density at radius 1 is 1.38 bits per heavy atom. The van der Waals surface area contributed by atoms with E-state index in [9.17, 15) is 0 Å². The third kappa shape index (κ3) is 3.27. The molecule has 21 heavy (non-hydrogen) atoms. The molecular formula is C17H24BrNO2. The van der Waals surface area contributed by atoms with E-state index in [1.807, 2.05) is 0 Å². The maximum Gasteiger partial charge on any atom is 0.125 e. The third-order valence-electron chi connectivity index (χ3n) is 4.57. The lowest BCUT2D eigenvalue weighted by atomic mass is 9.92. The van der Waals surface area contributed by atoms with E-state index in [-0.39, 0.29) is 0 Å². The first-order valence-corrected chi connectivity index (χ1v) is 8.77. The van der Waals surface area contributed by atoms with Crippen molar-refractivity contribution in [1.82, 2.24) is 5.32 Å². The highest BCUT2D eigenvalue weighted by molar-refractivity contribution is 9.10. The van der Waals surface area contributed by atoms with Gasteiger partial charge in [-0.05, 0) is 48.6 Å². The Morgan fingerprint density at radius 2 is 2.24 bits per heavy atom. The smallest absolute Gasteiger partial charge is 0.125 e. The van der Waals surface area contributed by atoms with Gasteiger partial charge >= 0.3 is 0 Å². The van der Waals surface area contributed by atoms with Crippen LogP contribution in [0.2, 0.25) is 0 Å². The van der Waals surface area contributed by atoms with Crippen molar-refractivity contribution in [2.75, 3.05) is 19.8 Å². The summed E-state index contributed by atoms with van der Waals surface area (Å²) in [4.78, 5) is 0. The molecule has 0 radical (unpaired) electrons. The highest BCUT2D eigenvalue weighted by atomic mass is 79.9. The topological polar surface area (TPSA) is 30.5 Å². The third-order valence-corrected chi connectivity index (χ3v) is 5.03. The predicted octanol–water partition coefficient (Wildman–Crippen LogP) is 3.33. The van der Waals surface area contributed by atoms with E-state index >= 15 is 0 Å². The summed E-state index contributed by atoms with van der Waals surface area (Å²) in [6.45, 7) is 7.12. The summed E-state index contributed by atoms with van der Waals surface area (Å²) in [5.74, 6) is 1.72. The molecule has 0 aromatic heterocycles. The van der Waals surface area contributed by atoms with E-state index in [1.165, 1.54) is 17.5 Å². The van der Waals surface area contributed by atoms with Crippen LogP contribution in [-0.2, 0) is 17.6 Å². The quantitative estimate of drug-likeness (QED) is 0.880. The lowest BCUT2D eigenvalue weighted by Crippen LogP contribution is -2.43. The van der Waals surface area contributed by atoms with Gasteiger partial charge < -0.3 is 14.8 Å². The molecule has 1 aromatic rings. The molecule has 116 valence electrons. The van der Waals surface area contributed by atoms with Gasteiger partial charge in [0.15, 0.2) is 0 Å². The molecule has 1 N–H and O–H groups in total. The number of nitrogens with one attached hydrogen (secondary N) is 1. The lowest BCUT2D eigenvalue weighted by Gasteiger charge is -2.27. The van der Waals surface area contributed by atoms with Crippen LogP contribution in [0.3, 0.4) is 0 Å². The van der Waals surface area contributed by atoms with E-state index < -0.39 is 0 Å². The largest absolute Gasteiger partial charge is 0.493 e. The van der Waals surface area contributed by atoms with E-state index in [2.05, 4.69) is 47.2 Å². The molecule has 1 fully saturated rings. The molecule has 1 aromatic carbocycles. The van der Waals surface area contributed by atoms with E-state index in [1.54, 1.807) is 0 Å². The highest BCUT2D eigenvalue weighted by Crippen LogP contribution is 2.35. The Bertz CT molecular complexity index is 506. The van der Waals surface area contributed by atoms with Crippen LogP contribution in [0.5, 0.6) is 5.75 Å². The number of likely N-dealkylation sites (N-methyl/N-ethyl adjacent to an activating group) is 1. The van der Waals surface area contributed by atoms with Crippen LogP contribution >= 0.6 is 15.9 Å². The average molecular weight is 354 g/mol. The zero-order valence-electron chi connectivity index (χ0n) is 12.8. The molecule has 0 spiro atoms.